The Labute approximate surface area is 187 Å². The summed E-state index contributed by atoms with van der Waals surface area (Å²) < 4.78 is 0. The number of aromatic nitrogens is 5. The summed E-state index contributed by atoms with van der Waals surface area (Å²) in [5, 5.41) is 0. The third-order valence-electron chi connectivity index (χ3n) is 6.36. The number of anilines is 1. The van der Waals surface area contributed by atoms with Gasteiger partial charge < -0.3 is 9.88 Å². The van der Waals surface area contributed by atoms with E-state index >= 15 is 0 Å². The molecule has 3 aromatic heterocycles. The van der Waals surface area contributed by atoms with Crippen molar-refractivity contribution in [3.63, 3.8) is 0 Å². The highest BCUT2D eigenvalue weighted by atomic mass is 16.1. The minimum Gasteiger partial charge on any atom is -0.341 e. The molecule has 2 saturated heterocycles. The first-order chi connectivity index (χ1) is 15.7. The van der Waals surface area contributed by atoms with Crippen LogP contribution in [-0.2, 0) is 6.54 Å². The van der Waals surface area contributed by atoms with E-state index in [1.54, 1.807) is 18.5 Å². The van der Waals surface area contributed by atoms with Crippen LogP contribution in [0, 0.1) is 0 Å². The summed E-state index contributed by atoms with van der Waals surface area (Å²) >= 11 is 0. The van der Waals surface area contributed by atoms with E-state index in [-0.39, 0.29) is 11.5 Å². The lowest BCUT2D eigenvalue weighted by Crippen LogP contribution is -2.35. The molecule has 2 fully saturated rings. The van der Waals surface area contributed by atoms with Crippen LogP contribution in [0.25, 0.3) is 11.4 Å². The molecule has 8 heteroatoms. The zero-order valence-corrected chi connectivity index (χ0v) is 18.3. The number of hydrogen-bond acceptors (Lipinski definition) is 7. The van der Waals surface area contributed by atoms with Crippen molar-refractivity contribution < 1.29 is 0 Å². The standard InChI is InChI=1S/C24H29N7O/c32-22-12-21(28-23(29-22)19-6-4-8-25-15-19)20-7-5-9-30(17-20)16-18-13-26-24(27-14-18)31-10-2-1-3-11-31/h4,6,8,12-15,20H,1-3,5,7,9-11,16-17H2,(H,28,29,32). The van der Waals surface area contributed by atoms with Crippen LogP contribution in [0.1, 0.15) is 49.3 Å². The van der Waals surface area contributed by atoms with E-state index < -0.39 is 0 Å². The number of aromatic amines is 1. The van der Waals surface area contributed by atoms with E-state index in [4.69, 9.17) is 4.98 Å². The van der Waals surface area contributed by atoms with Gasteiger partial charge in [-0.2, -0.15) is 0 Å². The van der Waals surface area contributed by atoms with Gasteiger partial charge in [-0.1, -0.05) is 0 Å². The monoisotopic (exact) mass is 431 g/mol. The predicted molar refractivity (Wildman–Crippen MR) is 123 cm³/mol. The molecule has 166 valence electrons. The van der Waals surface area contributed by atoms with Gasteiger partial charge in [0.15, 0.2) is 0 Å². The maximum absolute atomic E-state index is 12.3. The Balaban J connectivity index is 1.27. The fraction of sp³-hybridized carbons (Fsp3) is 0.458. The van der Waals surface area contributed by atoms with E-state index in [9.17, 15) is 4.79 Å². The smallest absolute Gasteiger partial charge is 0.251 e. The van der Waals surface area contributed by atoms with Gasteiger partial charge in [-0.3, -0.25) is 14.7 Å². The fourth-order valence-corrected chi connectivity index (χ4v) is 4.71. The summed E-state index contributed by atoms with van der Waals surface area (Å²) in [4.78, 5) is 38.0. The van der Waals surface area contributed by atoms with Gasteiger partial charge in [0, 0.05) is 74.1 Å². The first-order valence-corrected chi connectivity index (χ1v) is 11.5. The first kappa shape index (κ1) is 20.8. The number of nitrogens with one attached hydrogen (secondary N) is 1. The Morgan fingerprint density at radius 2 is 1.88 bits per heavy atom. The Kier molecular flexibility index (Phi) is 6.20. The van der Waals surface area contributed by atoms with Crippen molar-refractivity contribution in [1.82, 2.24) is 29.8 Å². The van der Waals surface area contributed by atoms with E-state index in [0.29, 0.717) is 5.82 Å². The van der Waals surface area contributed by atoms with Crippen LogP contribution in [0.3, 0.4) is 0 Å². The van der Waals surface area contributed by atoms with Crippen molar-refractivity contribution >= 4 is 5.95 Å². The van der Waals surface area contributed by atoms with Gasteiger partial charge in [-0.25, -0.2) is 15.0 Å². The molecule has 2 aliphatic rings. The zero-order valence-electron chi connectivity index (χ0n) is 18.3. The fourth-order valence-electron chi connectivity index (χ4n) is 4.71. The molecule has 0 radical (unpaired) electrons. The zero-order chi connectivity index (χ0) is 21.8. The lowest BCUT2D eigenvalue weighted by Gasteiger charge is -2.32. The van der Waals surface area contributed by atoms with E-state index in [1.165, 1.54) is 19.3 Å². The van der Waals surface area contributed by atoms with Crippen molar-refractivity contribution in [3.05, 3.63) is 64.6 Å². The average Bonchev–Trinajstić information content (AvgIpc) is 2.85. The highest BCUT2D eigenvalue weighted by Gasteiger charge is 2.24. The quantitative estimate of drug-likeness (QED) is 0.664. The summed E-state index contributed by atoms with van der Waals surface area (Å²) in [5.41, 5.74) is 2.69. The first-order valence-electron chi connectivity index (χ1n) is 11.5. The third kappa shape index (κ3) is 4.85. The van der Waals surface area contributed by atoms with Crippen LogP contribution in [0.15, 0.2) is 47.8 Å². The maximum atomic E-state index is 12.3. The molecule has 5 heterocycles. The summed E-state index contributed by atoms with van der Waals surface area (Å²) in [5.74, 6) is 1.66. The van der Waals surface area contributed by atoms with Gasteiger partial charge in [0.05, 0.1) is 5.69 Å². The number of nitrogens with zero attached hydrogens (tertiary/aromatic N) is 6. The molecule has 0 saturated carbocycles. The molecule has 5 rings (SSSR count). The molecular formula is C24H29N7O. The molecule has 0 bridgehead atoms. The van der Waals surface area contributed by atoms with Crippen molar-refractivity contribution in [1.29, 1.82) is 0 Å². The number of piperidine rings is 2. The number of hydrogen-bond donors (Lipinski definition) is 1. The third-order valence-corrected chi connectivity index (χ3v) is 6.36. The Morgan fingerprint density at radius 3 is 2.66 bits per heavy atom. The molecule has 2 aliphatic heterocycles. The SMILES string of the molecule is O=c1cc(C2CCCN(Cc3cnc(N4CCCCC4)nc3)C2)nc(-c2cccnc2)[nH]1. The lowest BCUT2D eigenvalue weighted by molar-refractivity contribution is 0.198. The largest absolute Gasteiger partial charge is 0.341 e. The molecule has 0 aromatic carbocycles. The molecule has 0 aliphatic carbocycles. The van der Waals surface area contributed by atoms with Crippen LogP contribution < -0.4 is 10.5 Å². The minimum absolute atomic E-state index is 0.118. The maximum Gasteiger partial charge on any atom is 0.251 e. The summed E-state index contributed by atoms with van der Waals surface area (Å²) in [7, 11) is 0. The van der Waals surface area contributed by atoms with Crippen LogP contribution in [0.4, 0.5) is 5.95 Å². The molecule has 3 aromatic rings. The molecule has 0 amide bonds. The van der Waals surface area contributed by atoms with Gasteiger partial charge in [-0.05, 0) is 50.8 Å². The van der Waals surface area contributed by atoms with Crippen molar-refractivity contribution in [3.8, 4) is 11.4 Å². The van der Waals surface area contributed by atoms with Crippen LogP contribution in [0.2, 0.25) is 0 Å². The van der Waals surface area contributed by atoms with Gasteiger partial charge in [0.25, 0.3) is 5.56 Å². The number of pyridine rings is 1. The molecule has 1 atom stereocenters. The molecule has 1 N–H and O–H groups in total. The normalized spacial score (nSPS) is 19.8. The van der Waals surface area contributed by atoms with Crippen molar-refractivity contribution in [2.45, 2.75) is 44.6 Å². The Bertz CT molecular complexity index is 1080. The van der Waals surface area contributed by atoms with Crippen molar-refractivity contribution in [2.24, 2.45) is 0 Å². The summed E-state index contributed by atoms with van der Waals surface area (Å²) in [6.45, 7) is 4.82. The second kappa shape index (κ2) is 9.56. The van der Waals surface area contributed by atoms with Crippen LogP contribution in [-0.4, -0.2) is 56.0 Å². The highest BCUT2D eigenvalue weighted by molar-refractivity contribution is 5.52. The molecule has 8 nitrogen and oxygen atoms in total. The Morgan fingerprint density at radius 1 is 1.03 bits per heavy atom. The van der Waals surface area contributed by atoms with E-state index in [2.05, 4.69) is 29.7 Å². The van der Waals surface area contributed by atoms with Crippen LogP contribution in [0.5, 0.6) is 0 Å². The number of rotatable bonds is 5. The second-order valence-electron chi connectivity index (χ2n) is 8.77. The van der Waals surface area contributed by atoms with E-state index in [0.717, 1.165) is 68.3 Å². The average molecular weight is 432 g/mol. The number of likely N-dealkylation sites (tertiary alicyclic amines) is 1. The highest BCUT2D eigenvalue weighted by Crippen LogP contribution is 2.27. The second-order valence-corrected chi connectivity index (χ2v) is 8.77. The predicted octanol–water partition coefficient (Wildman–Crippen LogP) is 2.99. The molecule has 0 spiro atoms. The van der Waals surface area contributed by atoms with Gasteiger partial charge in [0.2, 0.25) is 5.95 Å². The van der Waals surface area contributed by atoms with Crippen molar-refractivity contribution in [2.75, 3.05) is 31.1 Å². The van der Waals surface area contributed by atoms with Crippen LogP contribution >= 0.6 is 0 Å². The summed E-state index contributed by atoms with van der Waals surface area (Å²) in [6.07, 6.45) is 13.2. The minimum atomic E-state index is -0.118. The number of H-pyrrole nitrogens is 1. The molecular weight excluding hydrogens is 402 g/mol. The Hall–Kier alpha value is -3.13. The van der Waals surface area contributed by atoms with E-state index in [1.807, 2.05) is 24.5 Å². The molecule has 1 unspecified atom stereocenters. The topological polar surface area (TPSA) is 90.9 Å². The van der Waals surface area contributed by atoms with Gasteiger partial charge in [0.1, 0.15) is 5.82 Å². The van der Waals surface area contributed by atoms with Gasteiger partial charge in [-0.15, -0.1) is 0 Å². The lowest BCUT2D eigenvalue weighted by atomic mass is 9.94. The van der Waals surface area contributed by atoms with Gasteiger partial charge >= 0.3 is 0 Å². The molecule has 32 heavy (non-hydrogen) atoms. The summed E-state index contributed by atoms with van der Waals surface area (Å²) in [6, 6.07) is 5.41.